The van der Waals surface area contributed by atoms with E-state index in [0.29, 0.717) is 11.4 Å². The van der Waals surface area contributed by atoms with E-state index in [2.05, 4.69) is 11.2 Å². The second kappa shape index (κ2) is 5.87. The van der Waals surface area contributed by atoms with Crippen LogP contribution in [0.5, 0.6) is 0 Å². The summed E-state index contributed by atoms with van der Waals surface area (Å²) in [7, 11) is 0. The van der Waals surface area contributed by atoms with Gasteiger partial charge in [0, 0.05) is 11.2 Å². The second-order valence-corrected chi connectivity index (χ2v) is 5.27. The summed E-state index contributed by atoms with van der Waals surface area (Å²) in [5.41, 5.74) is 0.821. The van der Waals surface area contributed by atoms with Gasteiger partial charge < -0.3 is 5.11 Å². The highest BCUT2D eigenvalue weighted by Gasteiger charge is 2.17. The van der Waals surface area contributed by atoms with E-state index < -0.39 is 5.97 Å². The Hall–Kier alpha value is -1.83. The molecule has 19 heavy (non-hydrogen) atoms. The number of rotatable bonds is 5. The van der Waals surface area contributed by atoms with Crippen molar-refractivity contribution >= 4 is 27.4 Å². The Bertz CT molecular complexity index is 639. The molecule has 4 heteroatoms. The molecule has 0 radical (unpaired) electrons. The van der Waals surface area contributed by atoms with Crippen molar-refractivity contribution < 1.29 is 9.90 Å². The van der Waals surface area contributed by atoms with Gasteiger partial charge in [0.15, 0.2) is 0 Å². The van der Waals surface area contributed by atoms with Crippen LogP contribution >= 0.6 is 11.3 Å². The number of fused-ring (bicyclic) bond motifs is 1. The van der Waals surface area contributed by atoms with Crippen LogP contribution in [0.4, 0.5) is 0 Å². The summed E-state index contributed by atoms with van der Waals surface area (Å²) in [6.07, 6.45) is 6.23. The van der Waals surface area contributed by atoms with Crippen molar-refractivity contribution in [1.82, 2.24) is 5.32 Å². The molecule has 0 aliphatic rings. The summed E-state index contributed by atoms with van der Waals surface area (Å²) in [6.45, 7) is 2.48. The van der Waals surface area contributed by atoms with Crippen molar-refractivity contribution in [2.75, 3.05) is 0 Å². The maximum atomic E-state index is 11.3. The Kier molecular flexibility index (Phi) is 4.20. The van der Waals surface area contributed by atoms with Gasteiger partial charge in [-0.3, -0.25) is 5.32 Å². The third-order valence-electron chi connectivity index (χ3n) is 3.03. The van der Waals surface area contributed by atoms with Crippen molar-refractivity contribution in [3.8, 4) is 12.3 Å². The average molecular weight is 273 g/mol. The molecule has 0 saturated heterocycles. The van der Waals surface area contributed by atoms with Gasteiger partial charge >= 0.3 is 5.97 Å². The summed E-state index contributed by atoms with van der Waals surface area (Å²) in [5, 5.41) is 13.5. The zero-order chi connectivity index (χ0) is 13.8. The number of hydrogen-bond acceptors (Lipinski definition) is 3. The molecule has 0 bridgehead atoms. The maximum absolute atomic E-state index is 11.3. The Labute approximate surface area is 116 Å². The van der Waals surface area contributed by atoms with Crippen molar-refractivity contribution in [3.63, 3.8) is 0 Å². The Balaban J connectivity index is 2.37. The molecule has 1 aromatic heterocycles. The minimum atomic E-state index is -0.883. The van der Waals surface area contributed by atoms with E-state index in [4.69, 9.17) is 6.42 Å². The Morgan fingerprint density at radius 3 is 2.89 bits per heavy atom. The molecule has 0 amide bonds. The number of aromatic carboxylic acids is 1. The van der Waals surface area contributed by atoms with Gasteiger partial charge in [-0.25, -0.2) is 4.79 Å². The number of benzene rings is 1. The molecule has 98 valence electrons. The van der Waals surface area contributed by atoms with E-state index in [1.54, 1.807) is 0 Å². The molecule has 1 unspecified atom stereocenters. The van der Waals surface area contributed by atoms with E-state index >= 15 is 0 Å². The Morgan fingerprint density at radius 2 is 2.26 bits per heavy atom. The van der Waals surface area contributed by atoms with E-state index in [1.165, 1.54) is 11.3 Å². The third kappa shape index (κ3) is 2.78. The molecule has 1 aromatic carbocycles. The molecule has 1 atom stereocenters. The normalized spacial score (nSPS) is 12.2. The van der Waals surface area contributed by atoms with E-state index in [-0.39, 0.29) is 6.04 Å². The zero-order valence-corrected chi connectivity index (χ0v) is 11.5. The average Bonchev–Trinajstić information content (AvgIpc) is 2.79. The highest BCUT2D eigenvalue weighted by Crippen LogP contribution is 2.31. The van der Waals surface area contributed by atoms with E-state index in [1.807, 2.05) is 31.2 Å². The first kappa shape index (κ1) is 13.6. The fraction of sp³-hybridized carbons (Fsp3) is 0.267. The lowest BCUT2D eigenvalue weighted by Gasteiger charge is -2.10. The molecule has 2 rings (SSSR count). The Morgan fingerprint density at radius 1 is 1.53 bits per heavy atom. The lowest BCUT2D eigenvalue weighted by Crippen LogP contribution is -2.26. The van der Waals surface area contributed by atoms with Crippen molar-refractivity contribution in [2.45, 2.75) is 25.9 Å². The van der Waals surface area contributed by atoms with E-state index in [9.17, 15) is 9.90 Å². The first-order chi connectivity index (χ1) is 9.17. The molecule has 3 nitrogen and oxygen atoms in total. The summed E-state index contributed by atoms with van der Waals surface area (Å²) in [5.74, 6) is 1.77. The van der Waals surface area contributed by atoms with Crippen LogP contribution in [-0.4, -0.2) is 17.1 Å². The SMILES string of the molecule is C#CC(CC)NCc1c(C(=O)O)sc2ccccc12. The largest absolute Gasteiger partial charge is 0.477 e. The van der Waals surface area contributed by atoms with Crippen LogP contribution in [0.1, 0.15) is 28.6 Å². The summed E-state index contributed by atoms with van der Waals surface area (Å²) >= 11 is 1.31. The van der Waals surface area contributed by atoms with Crippen LogP contribution < -0.4 is 5.32 Å². The first-order valence-corrected chi connectivity index (χ1v) is 6.92. The molecule has 0 spiro atoms. The van der Waals surface area contributed by atoms with Gasteiger partial charge in [-0.05, 0) is 23.4 Å². The minimum absolute atomic E-state index is 0.0275. The van der Waals surface area contributed by atoms with Gasteiger partial charge in [-0.2, -0.15) is 0 Å². The summed E-state index contributed by atoms with van der Waals surface area (Å²) in [4.78, 5) is 11.7. The molecule has 0 fully saturated rings. The highest BCUT2D eigenvalue weighted by atomic mass is 32.1. The molecular formula is C15H15NO2S. The van der Waals surface area contributed by atoms with Crippen LogP contribution in [0.2, 0.25) is 0 Å². The van der Waals surface area contributed by atoms with Crippen molar-refractivity contribution in [2.24, 2.45) is 0 Å². The van der Waals surface area contributed by atoms with Crippen molar-refractivity contribution in [1.29, 1.82) is 0 Å². The van der Waals surface area contributed by atoms with Gasteiger partial charge in [0.05, 0.1) is 6.04 Å². The summed E-state index contributed by atoms with van der Waals surface area (Å²) in [6, 6.07) is 7.70. The first-order valence-electron chi connectivity index (χ1n) is 6.10. The number of carboxylic acid groups (broad SMARTS) is 1. The highest BCUT2D eigenvalue weighted by molar-refractivity contribution is 7.21. The fourth-order valence-electron chi connectivity index (χ4n) is 1.99. The lowest BCUT2D eigenvalue weighted by atomic mass is 10.1. The maximum Gasteiger partial charge on any atom is 0.346 e. The smallest absolute Gasteiger partial charge is 0.346 e. The standard InChI is InChI=1S/C15H15NO2S/c1-3-10(4-2)16-9-12-11-7-5-6-8-13(11)19-14(12)15(17)18/h1,5-8,10,16H,4,9H2,2H3,(H,17,18). The fourth-order valence-corrected chi connectivity index (χ4v) is 3.05. The predicted molar refractivity (Wildman–Crippen MR) is 78.5 cm³/mol. The monoisotopic (exact) mass is 273 g/mol. The number of terminal acetylenes is 1. The second-order valence-electron chi connectivity index (χ2n) is 4.22. The molecule has 0 aliphatic heterocycles. The third-order valence-corrected chi connectivity index (χ3v) is 4.23. The van der Waals surface area contributed by atoms with Gasteiger partial charge in [-0.15, -0.1) is 17.8 Å². The minimum Gasteiger partial charge on any atom is -0.477 e. The number of carboxylic acids is 1. The number of carbonyl (C=O) groups is 1. The number of thiophene rings is 1. The van der Waals surface area contributed by atoms with Crippen LogP contribution in [-0.2, 0) is 6.54 Å². The van der Waals surface area contributed by atoms with Crippen LogP contribution in [0, 0.1) is 12.3 Å². The predicted octanol–water partition coefficient (Wildman–Crippen LogP) is 3.10. The van der Waals surface area contributed by atoms with Gasteiger partial charge in [0.2, 0.25) is 0 Å². The van der Waals surface area contributed by atoms with E-state index in [0.717, 1.165) is 22.1 Å². The number of hydrogen-bond donors (Lipinski definition) is 2. The van der Waals surface area contributed by atoms with Gasteiger partial charge in [0.1, 0.15) is 4.88 Å². The van der Waals surface area contributed by atoms with Crippen LogP contribution in [0.15, 0.2) is 24.3 Å². The quantitative estimate of drug-likeness (QED) is 0.823. The topological polar surface area (TPSA) is 49.3 Å². The van der Waals surface area contributed by atoms with Crippen LogP contribution in [0.3, 0.4) is 0 Å². The summed E-state index contributed by atoms with van der Waals surface area (Å²) < 4.78 is 0.991. The van der Waals surface area contributed by atoms with Gasteiger partial charge in [0.25, 0.3) is 0 Å². The molecule has 2 N–H and O–H groups in total. The molecule has 1 heterocycles. The number of nitrogens with one attached hydrogen (secondary N) is 1. The lowest BCUT2D eigenvalue weighted by molar-refractivity contribution is 0.0701. The molecule has 2 aromatic rings. The molecule has 0 saturated carbocycles. The molecular weight excluding hydrogens is 258 g/mol. The van der Waals surface area contributed by atoms with Crippen LogP contribution in [0.25, 0.3) is 10.1 Å². The van der Waals surface area contributed by atoms with Crippen molar-refractivity contribution in [3.05, 3.63) is 34.7 Å². The molecule has 0 aliphatic carbocycles. The zero-order valence-electron chi connectivity index (χ0n) is 10.6. The van der Waals surface area contributed by atoms with Gasteiger partial charge in [-0.1, -0.05) is 31.0 Å².